The monoisotopic (exact) mass is 275 g/mol. The van der Waals surface area contributed by atoms with Crippen LogP contribution in [0, 0.1) is 5.92 Å². The van der Waals surface area contributed by atoms with Gasteiger partial charge in [0.2, 0.25) is 5.91 Å². The quantitative estimate of drug-likeness (QED) is 0.741. The van der Waals surface area contributed by atoms with Gasteiger partial charge >= 0.3 is 0 Å². The number of carbonyl (C=O) groups is 1. The van der Waals surface area contributed by atoms with E-state index in [4.69, 9.17) is 0 Å². The second kappa shape index (κ2) is 5.17. The van der Waals surface area contributed by atoms with Crippen molar-refractivity contribution in [3.05, 3.63) is 0 Å². The van der Waals surface area contributed by atoms with Crippen LogP contribution in [0.1, 0.15) is 32.6 Å². The van der Waals surface area contributed by atoms with E-state index < -0.39 is 15.1 Å². The number of aliphatic hydroxyl groups excluding tert-OH is 1. The van der Waals surface area contributed by atoms with E-state index in [-0.39, 0.29) is 23.7 Å². The normalized spacial score (nSPS) is 36.3. The lowest BCUT2D eigenvalue weighted by Gasteiger charge is -2.36. The molecule has 0 saturated carbocycles. The second-order valence-electron chi connectivity index (χ2n) is 5.47. The third-order valence-corrected chi connectivity index (χ3v) is 6.19. The number of piperidine rings is 1. The number of hydrogen-bond acceptors (Lipinski definition) is 4. The van der Waals surface area contributed by atoms with Gasteiger partial charge in [0.05, 0.1) is 11.9 Å². The van der Waals surface area contributed by atoms with E-state index in [1.165, 1.54) is 0 Å². The Kier molecular flexibility index (Phi) is 3.96. The van der Waals surface area contributed by atoms with Gasteiger partial charge in [-0.05, 0) is 25.2 Å². The molecule has 0 spiro atoms. The minimum absolute atomic E-state index is 0.0222. The first-order valence-corrected chi connectivity index (χ1v) is 8.32. The van der Waals surface area contributed by atoms with Crippen LogP contribution in [0.15, 0.2) is 0 Å². The molecular formula is C12H21NO4S. The number of sulfone groups is 1. The highest BCUT2D eigenvalue weighted by atomic mass is 32.2. The summed E-state index contributed by atoms with van der Waals surface area (Å²) in [5.41, 5.74) is 0. The Morgan fingerprint density at radius 3 is 2.61 bits per heavy atom. The van der Waals surface area contributed by atoms with Crippen LogP contribution >= 0.6 is 0 Å². The molecule has 3 unspecified atom stereocenters. The molecule has 0 aliphatic carbocycles. The van der Waals surface area contributed by atoms with Crippen molar-refractivity contribution in [1.82, 2.24) is 4.90 Å². The maximum atomic E-state index is 12.3. The lowest BCUT2D eigenvalue weighted by Crippen LogP contribution is -2.51. The van der Waals surface area contributed by atoms with Crippen LogP contribution in [0.2, 0.25) is 0 Å². The molecule has 0 aromatic rings. The third-order valence-electron chi connectivity index (χ3n) is 4.03. The molecule has 2 saturated heterocycles. The van der Waals surface area contributed by atoms with E-state index in [0.717, 1.165) is 6.42 Å². The van der Waals surface area contributed by atoms with Crippen molar-refractivity contribution in [3.8, 4) is 0 Å². The summed E-state index contributed by atoms with van der Waals surface area (Å²) in [6.45, 7) is 2.82. The zero-order chi connectivity index (χ0) is 13.3. The van der Waals surface area contributed by atoms with Crippen molar-refractivity contribution in [2.45, 2.75) is 44.0 Å². The smallest absolute Gasteiger partial charge is 0.240 e. The van der Waals surface area contributed by atoms with Gasteiger partial charge in [-0.25, -0.2) is 8.42 Å². The van der Waals surface area contributed by atoms with Gasteiger partial charge in [0.25, 0.3) is 0 Å². The first-order chi connectivity index (χ1) is 8.42. The van der Waals surface area contributed by atoms with Crippen LogP contribution in [-0.2, 0) is 14.6 Å². The predicted molar refractivity (Wildman–Crippen MR) is 67.8 cm³/mol. The highest BCUT2D eigenvalue weighted by Crippen LogP contribution is 2.24. The van der Waals surface area contributed by atoms with Gasteiger partial charge in [-0.3, -0.25) is 4.79 Å². The SMILES string of the molecule is CC1CN(C(=O)C2CCCCS2(=O)=O)CCC1O. The van der Waals surface area contributed by atoms with Crippen LogP contribution in [0.4, 0.5) is 0 Å². The van der Waals surface area contributed by atoms with Crippen LogP contribution in [0.5, 0.6) is 0 Å². The zero-order valence-electron chi connectivity index (χ0n) is 10.7. The average molecular weight is 275 g/mol. The molecule has 2 aliphatic rings. The molecule has 0 aromatic heterocycles. The molecule has 2 heterocycles. The Labute approximate surface area is 108 Å². The molecule has 6 heteroatoms. The summed E-state index contributed by atoms with van der Waals surface area (Å²) in [7, 11) is -3.26. The van der Waals surface area contributed by atoms with Crippen LogP contribution < -0.4 is 0 Å². The maximum absolute atomic E-state index is 12.3. The lowest BCUT2D eigenvalue weighted by molar-refractivity contribution is -0.134. The van der Waals surface area contributed by atoms with Crippen molar-refractivity contribution in [1.29, 1.82) is 0 Å². The van der Waals surface area contributed by atoms with Gasteiger partial charge in [0, 0.05) is 13.1 Å². The van der Waals surface area contributed by atoms with Gasteiger partial charge in [0.15, 0.2) is 9.84 Å². The molecule has 1 amide bonds. The topological polar surface area (TPSA) is 74.7 Å². The Bertz CT molecular complexity index is 420. The summed E-state index contributed by atoms with van der Waals surface area (Å²) in [6.07, 6.45) is 2.09. The van der Waals surface area contributed by atoms with E-state index in [9.17, 15) is 18.3 Å². The van der Waals surface area contributed by atoms with Crippen molar-refractivity contribution >= 4 is 15.7 Å². The molecule has 18 heavy (non-hydrogen) atoms. The lowest BCUT2D eigenvalue weighted by atomic mass is 9.96. The molecule has 0 bridgehead atoms. The van der Waals surface area contributed by atoms with Gasteiger partial charge < -0.3 is 10.0 Å². The molecule has 1 N–H and O–H groups in total. The number of hydrogen-bond donors (Lipinski definition) is 1. The van der Waals surface area contributed by atoms with Crippen molar-refractivity contribution in [3.63, 3.8) is 0 Å². The zero-order valence-corrected chi connectivity index (χ0v) is 11.5. The second-order valence-corrected chi connectivity index (χ2v) is 7.77. The number of carbonyl (C=O) groups excluding carboxylic acids is 1. The fourth-order valence-corrected chi connectivity index (χ4v) is 4.64. The summed E-state index contributed by atoms with van der Waals surface area (Å²) >= 11 is 0. The Morgan fingerprint density at radius 2 is 2.00 bits per heavy atom. The van der Waals surface area contributed by atoms with Gasteiger partial charge in [-0.1, -0.05) is 13.3 Å². The van der Waals surface area contributed by atoms with Crippen molar-refractivity contribution in [2.75, 3.05) is 18.8 Å². The number of nitrogens with zero attached hydrogens (tertiary/aromatic N) is 1. The third kappa shape index (κ3) is 2.69. The molecular weight excluding hydrogens is 254 g/mol. The first-order valence-electron chi connectivity index (χ1n) is 6.60. The van der Waals surface area contributed by atoms with E-state index in [0.29, 0.717) is 32.4 Å². The standard InChI is InChI=1S/C12H21NO4S/c1-9-8-13(6-5-10(9)14)12(15)11-4-2-3-7-18(11,16)17/h9-11,14H,2-8H2,1H3. The maximum Gasteiger partial charge on any atom is 0.240 e. The fraction of sp³-hybridized carbons (Fsp3) is 0.917. The highest BCUT2D eigenvalue weighted by Gasteiger charge is 2.39. The molecule has 0 aromatic carbocycles. The predicted octanol–water partition coefficient (Wildman–Crippen LogP) is 0.183. The van der Waals surface area contributed by atoms with Crippen molar-refractivity contribution < 1.29 is 18.3 Å². The molecule has 5 nitrogen and oxygen atoms in total. The average Bonchev–Trinajstić information content (AvgIpc) is 2.31. The summed E-state index contributed by atoms with van der Waals surface area (Å²) in [5.74, 6) is -0.0995. The minimum Gasteiger partial charge on any atom is -0.393 e. The number of likely N-dealkylation sites (tertiary alicyclic amines) is 1. The summed E-state index contributed by atoms with van der Waals surface area (Å²) in [6, 6.07) is 0. The van der Waals surface area contributed by atoms with Crippen LogP contribution in [0.3, 0.4) is 0 Å². The largest absolute Gasteiger partial charge is 0.393 e. The molecule has 104 valence electrons. The summed E-state index contributed by atoms with van der Waals surface area (Å²) in [4.78, 5) is 13.9. The fourth-order valence-electron chi connectivity index (χ4n) is 2.77. The van der Waals surface area contributed by atoms with Crippen LogP contribution in [0.25, 0.3) is 0 Å². The van der Waals surface area contributed by atoms with Crippen molar-refractivity contribution in [2.24, 2.45) is 5.92 Å². The highest BCUT2D eigenvalue weighted by molar-refractivity contribution is 7.92. The van der Waals surface area contributed by atoms with Gasteiger partial charge in [-0.2, -0.15) is 0 Å². The number of amides is 1. The van der Waals surface area contributed by atoms with E-state index in [2.05, 4.69) is 0 Å². The molecule has 2 rings (SSSR count). The Morgan fingerprint density at radius 1 is 1.28 bits per heavy atom. The van der Waals surface area contributed by atoms with E-state index in [1.54, 1.807) is 4.90 Å². The number of rotatable bonds is 1. The molecule has 3 atom stereocenters. The molecule has 2 aliphatic heterocycles. The summed E-state index contributed by atoms with van der Waals surface area (Å²) < 4.78 is 23.8. The van der Waals surface area contributed by atoms with Crippen LogP contribution in [-0.4, -0.2) is 54.5 Å². The van der Waals surface area contributed by atoms with E-state index in [1.807, 2.05) is 6.92 Å². The first kappa shape index (κ1) is 13.8. The van der Waals surface area contributed by atoms with E-state index >= 15 is 0 Å². The van der Waals surface area contributed by atoms with Gasteiger partial charge in [0.1, 0.15) is 5.25 Å². The van der Waals surface area contributed by atoms with Gasteiger partial charge in [-0.15, -0.1) is 0 Å². The molecule has 0 radical (unpaired) electrons. The minimum atomic E-state index is -3.26. The Balaban J connectivity index is 2.07. The number of aliphatic hydroxyl groups is 1. The Hall–Kier alpha value is -0.620. The molecule has 2 fully saturated rings. The summed E-state index contributed by atoms with van der Waals surface area (Å²) in [5, 5.41) is 8.79.